The zero-order chi connectivity index (χ0) is 24.6. The number of allylic oxidation sites excluding steroid dienone is 1. The van der Waals surface area contributed by atoms with Crippen LogP contribution in [0.4, 0.5) is 0 Å². The van der Waals surface area contributed by atoms with Crippen molar-refractivity contribution in [2.75, 3.05) is 13.1 Å². The third-order valence-corrected chi connectivity index (χ3v) is 6.81. The van der Waals surface area contributed by atoms with E-state index in [1.54, 1.807) is 6.21 Å². The van der Waals surface area contributed by atoms with Crippen LogP contribution in [-0.2, 0) is 6.54 Å². The van der Waals surface area contributed by atoms with Gasteiger partial charge in [-0.05, 0) is 50.6 Å². The predicted octanol–water partition coefficient (Wildman–Crippen LogP) is 3.79. The summed E-state index contributed by atoms with van der Waals surface area (Å²) in [7, 11) is 0. The monoisotopic (exact) mass is 466 g/mol. The summed E-state index contributed by atoms with van der Waals surface area (Å²) >= 11 is 0. The molecule has 0 aliphatic carbocycles. The molecule has 5 rings (SSSR count). The molecule has 1 aliphatic rings. The molecule has 4 heterocycles. The summed E-state index contributed by atoms with van der Waals surface area (Å²) in [6, 6.07) is 19.2. The number of fused-ring (bicyclic) bond motifs is 3. The zero-order valence-corrected chi connectivity index (χ0v) is 20.4. The Hall–Kier alpha value is -3.96. The molecule has 8 nitrogen and oxygen atoms in total. The quantitative estimate of drug-likeness (QED) is 0.418. The van der Waals surface area contributed by atoms with Crippen molar-refractivity contribution in [1.82, 2.24) is 24.1 Å². The van der Waals surface area contributed by atoms with Gasteiger partial charge in [0.2, 0.25) is 0 Å². The molecule has 1 aromatic carbocycles. The van der Waals surface area contributed by atoms with E-state index in [0.717, 1.165) is 41.3 Å². The highest BCUT2D eigenvalue weighted by molar-refractivity contribution is 5.89. The van der Waals surface area contributed by atoms with Gasteiger partial charge in [0.25, 0.3) is 0 Å². The Bertz CT molecular complexity index is 1460. The van der Waals surface area contributed by atoms with Crippen LogP contribution in [0, 0.1) is 18.3 Å². The molecular weight excluding hydrogens is 436 g/mol. The van der Waals surface area contributed by atoms with Crippen molar-refractivity contribution >= 4 is 28.6 Å². The molecule has 35 heavy (non-hydrogen) atoms. The Balaban J connectivity index is 1.54. The van der Waals surface area contributed by atoms with E-state index in [1.165, 1.54) is 5.56 Å². The van der Waals surface area contributed by atoms with Gasteiger partial charge in [0.1, 0.15) is 5.82 Å². The second-order valence-electron chi connectivity index (χ2n) is 9.60. The first kappa shape index (κ1) is 22.8. The van der Waals surface area contributed by atoms with Crippen LogP contribution < -0.4 is 5.73 Å². The summed E-state index contributed by atoms with van der Waals surface area (Å²) in [4.78, 5) is 7.12. The molecule has 0 atom stereocenters. The minimum Gasteiger partial charge on any atom is -0.397 e. The fraction of sp³-hybridized carbons (Fsp3) is 0.333. The second-order valence-corrected chi connectivity index (χ2v) is 9.60. The van der Waals surface area contributed by atoms with E-state index >= 15 is 0 Å². The molecule has 4 aromatic rings. The van der Waals surface area contributed by atoms with Gasteiger partial charge in [-0.15, -0.1) is 10.2 Å². The van der Waals surface area contributed by atoms with Crippen LogP contribution in [0.3, 0.4) is 0 Å². The maximum Gasteiger partial charge on any atom is 0.161 e. The molecule has 1 fully saturated rings. The number of aryl methyl sites for hydroxylation is 1. The third kappa shape index (κ3) is 4.19. The number of nitriles is 1. The lowest BCUT2D eigenvalue weighted by molar-refractivity contribution is 0.0470. The maximum absolute atomic E-state index is 9.33. The van der Waals surface area contributed by atoms with Crippen molar-refractivity contribution in [1.29, 1.82) is 5.26 Å². The van der Waals surface area contributed by atoms with Gasteiger partial charge in [-0.3, -0.25) is 14.3 Å². The molecule has 1 saturated heterocycles. The lowest BCUT2D eigenvalue weighted by atomic mass is 9.86. The Morgan fingerprint density at radius 1 is 1.17 bits per heavy atom. The summed E-state index contributed by atoms with van der Waals surface area (Å²) in [5.41, 5.74) is 11.9. The van der Waals surface area contributed by atoms with Crippen molar-refractivity contribution in [3.05, 3.63) is 71.7 Å². The molecule has 0 unspecified atom stereocenters. The second kappa shape index (κ2) is 9.01. The molecule has 8 heteroatoms. The van der Waals surface area contributed by atoms with Crippen molar-refractivity contribution in [2.24, 2.45) is 10.7 Å². The fourth-order valence-electron chi connectivity index (χ4n) is 4.84. The molecular formula is C27H30N8. The first-order valence-corrected chi connectivity index (χ1v) is 11.9. The van der Waals surface area contributed by atoms with Crippen LogP contribution in [0.5, 0.6) is 0 Å². The lowest BCUT2D eigenvalue weighted by Crippen LogP contribution is -2.62. The summed E-state index contributed by atoms with van der Waals surface area (Å²) < 4.78 is 4.27. The highest BCUT2D eigenvalue weighted by Crippen LogP contribution is 2.30. The molecule has 0 spiro atoms. The number of pyridine rings is 1. The SMILES string of the molecule is Cc1nnc2ccc3c(cc(/C(N)=C/C=NC4(CC#N)CN(C(C)C)C4)n3Cc3ccccc3)n12. The van der Waals surface area contributed by atoms with Gasteiger partial charge in [0, 0.05) is 31.9 Å². The molecule has 2 N–H and O–H groups in total. The van der Waals surface area contributed by atoms with Crippen LogP contribution >= 0.6 is 0 Å². The number of aromatic nitrogens is 4. The number of aliphatic imine (C=N–C) groups is 1. The standard InChI is InChI=1S/C27H30N8/c1-19(2)33-17-27(18-33,12-13-28)30-14-11-22(29)24-15-25-23(9-10-26-32-31-20(3)35(25)26)34(24)16-21-7-5-4-6-8-21/h4-11,14-15,19H,12,16-18,29H2,1-3H3/b22-11-,30-14?. The van der Waals surface area contributed by atoms with E-state index in [9.17, 15) is 5.26 Å². The van der Waals surface area contributed by atoms with Gasteiger partial charge >= 0.3 is 0 Å². The van der Waals surface area contributed by atoms with E-state index < -0.39 is 0 Å². The van der Waals surface area contributed by atoms with Gasteiger partial charge < -0.3 is 10.3 Å². The smallest absolute Gasteiger partial charge is 0.161 e. The topological polar surface area (TPSA) is 101 Å². The normalized spacial score (nSPS) is 16.4. The summed E-state index contributed by atoms with van der Waals surface area (Å²) in [6.45, 7) is 8.55. The number of nitrogens with two attached hydrogens (primary N) is 1. The predicted molar refractivity (Wildman–Crippen MR) is 139 cm³/mol. The molecule has 1 aliphatic heterocycles. The Kier molecular flexibility index (Phi) is 5.87. The molecule has 3 aromatic heterocycles. The number of nitrogens with zero attached hydrogens (tertiary/aromatic N) is 7. The van der Waals surface area contributed by atoms with Crippen molar-refractivity contribution < 1.29 is 0 Å². The largest absolute Gasteiger partial charge is 0.397 e. The average molecular weight is 467 g/mol. The molecule has 0 amide bonds. The Morgan fingerprint density at radius 2 is 1.94 bits per heavy atom. The van der Waals surface area contributed by atoms with Gasteiger partial charge in [-0.2, -0.15) is 5.26 Å². The Morgan fingerprint density at radius 3 is 2.66 bits per heavy atom. The van der Waals surface area contributed by atoms with Crippen LogP contribution in [0.15, 0.2) is 59.6 Å². The average Bonchev–Trinajstić information content (AvgIpc) is 3.38. The zero-order valence-electron chi connectivity index (χ0n) is 20.4. The van der Waals surface area contributed by atoms with Gasteiger partial charge in [-0.1, -0.05) is 30.3 Å². The molecule has 178 valence electrons. The van der Waals surface area contributed by atoms with Crippen LogP contribution in [-0.4, -0.2) is 54.9 Å². The molecule has 0 bridgehead atoms. The van der Waals surface area contributed by atoms with E-state index in [0.29, 0.717) is 24.7 Å². The number of hydrogen-bond donors (Lipinski definition) is 1. The number of hydrogen-bond acceptors (Lipinski definition) is 6. The highest BCUT2D eigenvalue weighted by Gasteiger charge is 2.43. The Labute approximate surface area is 205 Å². The summed E-state index contributed by atoms with van der Waals surface area (Å²) in [5, 5.41) is 17.8. The van der Waals surface area contributed by atoms with Crippen LogP contribution in [0.25, 0.3) is 22.4 Å². The highest BCUT2D eigenvalue weighted by atomic mass is 15.3. The number of benzene rings is 1. The lowest BCUT2D eigenvalue weighted by Gasteiger charge is -2.48. The molecule has 0 saturated carbocycles. The van der Waals surface area contributed by atoms with Crippen LogP contribution in [0.1, 0.15) is 37.4 Å². The maximum atomic E-state index is 9.33. The number of rotatable bonds is 7. The van der Waals surface area contributed by atoms with Gasteiger partial charge in [0.05, 0.1) is 40.5 Å². The summed E-state index contributed by atoms with van der Waals surface area (Å²) in [6.07, 6.45) is 4.02. The van der Waals surface area contributed by atoms with Crippen LogP contribution in [0.2, 0.25) is 0 Å². The van der Waals surface area contributed by atoms with E-state index in [-0.39, 0.29) is 5.54 Å². The minimum atomic E-state index is -0.349. The van der Waals surface area contributed by atoms with Crippen molar-refractivity contribution in [2.45, 2.75) is 45.3 Å². The fourth-order valence-corrected chi connectivity index (χ4v) is 4.84. The first-order valence-electron chi connectivity index (χ1n) is 11.9. The van der Waals surface area contributed by atoms with Gasteiger partial charge in [-0.25, -0.2) is 0 Å². The first-order chi connectivity index (χ1) is 16.9. The van der Waals surface area contributed by atoms with E-state index in [1.807, 2.05) is 37.3 Å². The van der Waals surface area contributed by atoms with Gasteiger partial charge in [0.15, 0.2) is 5.65 Å². The minimum absolute atomic E-state index is 0.349. The summed E-state index contributed by atoms with van der Waals surface area (Å²) in [5.74, 6) is 0.830. The van der Waals surface area contributed by atoms with E-state index in [2.05, 4.69) is 68.2 Å². The number of likely N-dealkylation sites (tertiary alicyclic amines) is 1. The molecule has 0 radical (unpaired) electrons. The van der Waals surface area contributed by atoms with Crippen molar-refractivity contribution in [3.63, 3.8) is 0 Å². The van der Waals surface area contributed by atoms with E-state index in [4.69, 9.17) is 10.7 Å². The third-order valence-electron chi connectivity index (χ3n) is 6.81. The van der Waals surface area contributed by atoms with Crippen molar-refractivity contribution in [3.8, 4) is 6.07 Å².